The average Bonchev–Trinajstić information content (AvgIpc) is 2.85. The molecule has 2 aliphatic rings. The largest absolute Gasteiger partial charge is 0.373 e. The molecule has 2 saturated heterocycles. The first-order valence-electron chi connectivity index (χ1n) is 4.68. The molecule has 76 valence electrons. The highest BCUT2D eigenvalue weighted by Crippen LogP contribution is 2.51. The smallest absolute Gasteiger partial charge is 0.208 e. The summed E-state index contributed by atoms with van der Waals surface area (Å²) >= 11 is 0. The first-order valence-corrected chi connectivity index (χ1v) is 6.67. The molecule has 2 fully saturated rings. The van der Waals surface area contributed by atoms with Crippen LogP contribution in [0.3, 0.4) is 0 Å². The van der Waals surface area contributed by atoms with Crippen molar-refractivity contribution in [3.63, 3.8) is 0 Å². The number of hydrogen-bond donors (Lipinski definition) is 0. The Kier molecular flexibility index (Phi) is 2.75. The van der Waals surface area contributed by atoms with Gasteiger partial charge in [0.2, 0.25) is 7.37 Å². The van der Waals surface area contributed by atoms with Crippen LogP contribution in [0.5, 0.6) is 0 Å². The van der Waals surface area contributed by atoms with Crippen molar-refractivity contribution >= 4 is 7.37 Å². The van der Waals surface area contributed by atoms with Gasteiger partial charge in [0.25, 0.3) is 0 Å². The third-order valence-electron chi connectivity index (χ3n) is 2.13. The highest BCUT2D eigenvalue weighted by molar-refractivity contribution is 7.59. The molecule has 0 bridgehead atoms. The van der Waals surface area contributed by atoms with Gasteiger partial charge in [-0.1, -0.05) is 0 Å². The fraction of sp³-hybridized carbons (Fsp3) is 1.00. The monoisotopic (exact) mass is 206 g/mol. The van der Waals surface area contributed by atoms with Gasteiger partial charge in [0.15, 0.2) is 0 Å². The third-order valence-corrected chi connectivity index (χ3v) is 4.79. The van der Waals surface area contributed by atoms with Crippen LogP contribution in [0, 0.1) is 0 Å². The fourth-order valence-corrected chi connectivity index (χ4v) is 3.88. The molecule has 0 saturated carbocycles. The van der Waals surface area contributed by atoms with Crippen LogP contribution in [0.4, 0.5) is 0 Å². The third kappa shape index (κ3) is 3.06. The van der Waals surface area contributed by atoms with Gasteiger partial charge in [-0.3, -0.25) is 4.57 Å². The molecule has 2 heterocycles. The van der Waals surface area contributed by atoms with Gasteiger partial charge < -0.3 is 14.0 Å². The number of hydrogen-bond acceptors (Lipinski definition) is 4. The predicted molar refractivity (Wildman–Crippen MR) is 48.4 cm³/mol. The van der Waals surface area contributed by atoms with Crippen molar-refractivity contribution in [3.05, 3.63) is 0 Å². The first-order chi connectivity index (χ1) is 6.22. The van der Waals surface area contributed by atoms with Crippen molar-refractivity contribution in [2.75, 3.05) is 32.1 Å². The Bertz CT molecular complexity index is 204. The Morgan fingerprint density at radius 3 is 2.08 bits per heavy atom. The highest BCUT2D eigenvalue weighted by atomic mass is 31.2. The van der Waals surface area contributed by atoms with E-state index in [0.717, 1.165) is 13.2 Å². The second-order valence-electron chi connectivity index (χ2n) is 3.51. The van der Waals surface area contributed by atoms with Crippen LogP contribution in [-0.2, 0) is 18.6 Å². The molecular formula is C8H15O4P. The summed E-state index contributed by atoms with van der Waals surface area (Å²) in [6.45, 7) is 3.86. The van der Waals surface area contributed by atoms with Gasteiger partial charge in [-0.15, -0.1) is 0 Å². The molecule has 2 aliphatic heterocycles. The van der Waals surface area contributed by atoms with Crippen LogP contribution in [0.15, 0.2) is 0 Å². The van der Waals surface area contributed by atoms with Gasteiger partial charge in [-0.2, -0.15) is 0 Å². The lowest BCUT2D eigenvalue weighted by atomic mass is 10.6. The molecule has 0 spiro atoms. The van der Waals surface area contributed by atoms with Crippen LogP contribution in [0.1, 0.15) is 6.92 Å². The molecule has 0 N–H and O–H groups in total. The van der Waals surface area contributed by atoms with Gasteiger partial charge in [-0.05, 0) is 6.92 Å². The van der Waals surface area contributed by atoms with Crippen LogP contribution in [0.25, 0.3) is 0 Å². The van der Waals surface area contributed by atoms with E-state index in [1.165, 1.54) is 0 Å². The second kappa shape index (κ2) is 3.70. The van der Waals surface area contributed by atoms with E-state index < -0.39 is 7.37 Å². The molecule has 2 atom stereocenters. The van der Waals surface area contributed by atoms with Crippen molar-refractivity contribution in [3.8, 4) is 0 Å². The summed E-state index contributed by atoms with van der Waals surface area (Å²) in [5, 5.41) is 0. The van der Waals surface area contributed by atoms with E-state index >= 15 is 0 Å². The van der Waals surface area contributed by atoms with Crippen LogP contribution >= 0.6 is 7.37 Å². The Balaban J connectivity index is 1.86. The van der Waals surface area contributed by atoms with E-state index in [-0.39, 0.29) is 12.2 Å². The Morgan fingerprint density at radius 1 is 1.31 bits per heavy atom. The number of epoxide rings is 2. The van der Waals surface area contributed by atoms with E-state index in [0.29, 0.717) is 18.9 Å². The summed E-state index contributed by atoms with van der Waals surface area (Å²) in [7, 11) is -2.46. The minimum absolute atomic E-state index is 0.177. The molecule has 0 amide bonds. The molecule has 0 aromatic rings. The van der Waals surface area contributed by atoms with E-state index in [1.807, 2.05) is 6.92 Å². The Labute approximate surface area is 78.0 Å². The first kappa shape index (κ1) is 9.66. The van der Waals surface area contributed by atoms with E-state index in [1.54, 1.807) is 0 Å². The minimum Gasteiger partial charge on any atom is -0.373 e. The highest BCUT2D eigenvalue weighted by Gasteiger charge is 2.39. The van der Waals surface area contributed by atoms with Gasteiger partial charge >= 0.3 is 0 Å². The summed E-state index contributed by atoms with van der Waals surface area (Å²) in [4.78, 5) is 0. The maximum absolute atomic E-state index is 12.1. The molecule has 5 heteroatoms. The van der Waals surface area contributed by atoms with Crippen LogP contribution < -0.4 is 0 Å². The van der Waals surface area contributed by atoms with Gasteiger partial charge in [0.1, 0.15) is 0 Å². The summed E-state index contributed by atoms with van der Waals surface area (Å²) < 4.78 is 27.6. The lowest BCUT2D eigenvalue weighted by Gasteiger charge is -2.15. The van der Waals surface area contributed by atoms with Crippen molar-refractivity contribution in [1.82, 2.24) is 0 Å². The molecule has 0 aliphatic carbocycles. The molecule has 0 aromatic heterocycles. The summed E-state index contributed by atoms with van der Waals surface area (Å²) in [6.07, 6.45) is 1.49. The zero-order valence-electron chi connectivity index (χ0n) is 7.77. The van der Waals surface area contributed by atoms with E-state index in [4.69, 9.17) is 14.0 Å². The van der Waals surface area contributed by atoms with Crippen LogP contribution in [0.2, 0.25) is 0 Å². The molecule has 2 unspecified atom stereocenters. The molecular weight excluding hydrogens is 191 g/mol. The Hall–Kier alpha value is 0.110. The van der Waals surface area contributed by atoms with Crippen molar-refractivity contribution in [1.29, 1.82) is 0 Å². The summed E-state index contributed by atoms with van der Waals surface area (Å²) in [5.74, 6) is 0. The van der Waals surface area contributed by atoms with Gasteiger partial charge in [0.05, 0.1) is 44.4 Å². The van der Waals surface area contributed by atoms with E-state index in [9.17, 15) is 4.57 Å². The Morgan fingerprint density at radius 2 is 1.77 bits per heavy atom. The van der Waals surface area contributed by atoms with Crippen LogP contribution in [-0.4, -0.2) is 44.4 Å². The van der Waals surface area contributed by atoms with Crippen molar-refractivity contribution < 1.29 is 18.6 Å². The molecule has 13 heavy (non-hydrogen) atoms. The maximum Gasteiger partial charge on any atom is 0.208 e. The second-order valence-corrected chi connectivity index (χ2v) is 6.13. The van der Waals surface area contributed by atoms with Crippen molar-refractivity contribution in [2.24, 2.45) is 0 Å². The fourth-order valence-electron chi connectivity index (χ4n) is 1.38. The maximum atomic E-state index is 12.1. The van der Waals surface area contributed by atoms with Gasteiger partial charge in [-0.25, -0.2) is 0 Å². The quantitative estimate of drug-likeness (QED) is 0.482. The molecule has 2 rings (SSSR count). The predicted octanol–water partition coefficient (Wildman–Crippen LogP) is 1.10. The topological polar surface area (TPSA) is 51.4 Å². The summed E-state index contributed by atoms with van der Waals surface area (Å²) in [6, 6.07) is 0. The van der Waals surface area contributed by atoms with E-state index in [2.05, 4.69) is 0 Å². The normalized spacial score (nSPS) is 35.5. The average molecular weight is 206 g/mol. The molecule has 4 nitrogen and oxygen atoms in total. The molecule has 0 aromatic carbocycles. The minimum atomic E-state index is -2.46. The zero-order valence-corrected chi connectivity index (χ0v) is 8.66. The zero-order chi connectivity index (χ0) is 9.31. The lowest BCUT2D eigenvalue weighted by molar-refractivity contribution is 0.321. The van der Waals surface area contributed by atoms with Crippen molar-refractivity contribution in [2.45, 2.75) is 19.1 Å². The number of rotatable bonds is 6. The summed E-state index contributed by atoms with van der Waals surface area (Å²) in [5.41, 5.74) is 0. The number of ether oxygens (including phenoxy) is 2. The standard InChI is InChI=1S/C8H15O4P/c1-2-12-13(9,5-7-3-10-7)6-8-4-11-8/h7-8H,2-6H2,1H3. The molecule has 0 radical (unpaired) electrons. The SMILES string of the molecule is CCOP(=O)(CC1CO1)CC1CO1. The van der Waals surface area contributed by atoms with Gasteiger partial charge in [0, 0.05) is 0 Å². The lowest BCUT2D eigenvalue weighted by Crippen LogP contribution is -2.08.